The number of hydrazine groups is 1. The first-order valence-electron chi connectivity index (χ1n) is 5.29. The van der Waals surface area contributed by atoms with Gasteiger partial charge in [-0.15, -0.1) is 0 Å². The Morgan fingerprint density at radius 1 is 1.31 bits per heavy atom. The van der Waals surface area contributed by atoms with Gasteiger partial charge in [-0.2, -0.15) is 0 Å². The molecule has 0 atom stereocenters. The average Bonchev–Trinajstić information content (AvgIpc) is 2.42. The topological polar surface area (TPSA) is 50.4 Å². The molecule has 0 amide bonds. The Kier molecular flexibility index (Phi) is 4.83. The van der Waals surface area contributed by atoms with Gasteiger partial charge in [0.25, 0.3) is 0 Å². The molecule has 0 aromatic carbocycles. The van der Waals surface area contributed by atoms with Crippen LogP contribution in [0.2, 0.25) is 0 Å². The Morgan fingerprint density at radius 2 is 1.92 bits per heavy atom. The van der Waals surface area contributed by atoms with Crippen LogP contribution >= 0.6 is 0 Å². The summed E-state index contributed by atoms with van der Waals surface area (Å²) in [7, 11) is 1.80. The van der Waals surface area contributed by atoms with Gasteiger partial charge in [0.1, 0.15) is 5.84 Å². The van der Waals surface area contributed by atoms with E-state index in [0.29, 0.717) is 0 Å². The summed E-state index contributed by atoms with van der Waals surface area (Å²) in [6, 6.07) is 0. The monoisotopic (exact) mass is 183 g/mol. The number of amidine groups is 1. The van der Waals surface area contributed by atoms with Crippen LogP contribution in [0.25, 0.3) is 0 Å². The summed E-state index contributed by atoms with van der Waals surface area (Å²) in [6.45, 7) is 0. The van der Waals surface area contributed by atoms with E-state index in [1.165, 1.54) is 38.5 Å². The largest absolute Gasteiger partial charge is 0.312 e. The van der Waals surface area contributed by atoms with Crippen LogP contribution in [0.5, 0.6) is 0 Å². The van der Waals surface area contributed by atoms with Gasteiger partial charge in [-0.25, -0.2) is 5.84 Å². The third-order valence-corrected chi connectivity index (χ3v) is 2.89. The first-order valence-corrected chi connectivity index (χ1v) is 5.29. The van der Waals surface area contributed by atoms with E-state index in [4.69, 9.17) is 5.84 Å². The van der Waals surface area contributed by atoms with Gasteiger partial charge in [-0.3, -0.25) is 4.99 Å². The second-order valence-corrected chi connectivity index (χ2v) is 3.88. The van der Waals surface area contributed by atoms with Crippen molar-refractivity contribution < 1.29 is 0 Å². The van der Waals surface area contributed by atoms with Crippen LogP contribution in [-0.2, 0) is 0 Å². The van der Waals surface area contributed by atoms with Crippen molar-refractivity contribution in [3.8, 4) is 0 Å². The van der Waals surface area contributed by atoms with Crippen LogP contribution in [-0.4, -0.2) is 12.9 Å². The summed E-state index contributed by atoms with van der Waals surface area (Å²) in [4.78, 5) is 4.11. The summed E-state index contributed by atoms with van der Waals surface area (Å²) in [5, 5.41) is 0. The Morgan fingerprint density at radius 3 is 2.38 bits per heavy atom. The van der Waals surface area contributed by atoms with Crippen molar-refractivity contribution in [1.29, 1.82) is 0 Å². The highest BCUT2D eigenvalue weighted by Gasteiger charge is 2.13. The molecule has 3 nitrogen and oxygen atoms in total. The molecule has 0 saturated heterocycles. The van der Waals surface area contributed by atoms with Crippen molar-refractivity contribution in [3.63, 3.8) is 0 Å². The second-order valence-electron chi connectivity index (χ2n) is 3.88. The minimum absolute atomic E-state index is 0.803. The molecule has 3 N–H and O–H groups in total. The van der Waals surface area contributed by atoms with Crippen molar-refractivity contribution in [2.75, 3.05) is 7.05 Å². The highest BCUT2D eigenvalue weighted by molar-refractivity contribution is 5.81. The quantitative estimate of drug-likeness (QED) is 0.226. The Balaban J connectivity index is 2.33. The maximum Gasteiger partial charge on any atom is 0.110 e. The van der Waals surface area contributed by atoms with Crippen molar-refractivity contribution in [2.24, 2.45) is 16.8 Å². The zero-order chi connectivity index (χ0) is 9.52. The van der Waals surface area contributed by atoms with E-state index in [2.05, 4.69) is 10.4 Å². The molecule has 1 fully saturated rings. The lowest BCUT2D eigenvalue weighted by molar-refractivity contribution is 0.472. The molecule has 13 heavy (non-hydrogen) atoms. The fourth-order valence-electron chi connectivity index (χ4n) is 2.06. The van der Waals surface area contributed by atoms with Gasteiger partial charge in [0.15, 0.2) is 0 Å². The normalized spacial score (nSPS) is 21.2. The molecular weight excluding hydrogens is 162 g/mol. The molecule has 76 valence electrons. The summed E-state index contributed by atoms with van der Waals surface area (Å²) in [6.07, 6.45) is 9.31. The number of rotatable bonds is 2. The molecule has 0 aromatic heterocycles. The van der Waals surface area contributed by atoms with E-state index in [0.717, 1.165) is 18.2 Å². The highest BCUT2D eigenvalue weighted by atomic mass is 15.2. The first-order chi connectivity index (χ1) is 6.36. The lowest BCUT2D eigenvalue weighted by atomic mass is 9.96. The number of nitrogens with one attached hydrogen (secondary N) is 1. The van der Waals surface area contributed by atoms with Crippen molar-refractivity contribution in [2.45, 2.75) is 44.9 Å². The van der Waals surface area contributed by atoms with E-state index in [-0.39, 0.29) is 0 Å². The van der Waals surface area contributed by atoms with E-state index < -0.39 is 0 Å². The van der Waals surface area contributed by atoms with Gasteiger partial charge in [0, 0.05) is 13.5 Å². The summed E-state index contributed by atoms with van der Waals surface area (Å²) in [5.74, 6) is 7.11. The van der Waals surface area contributed by atoms with Gasteiger partial charge in [0.05, 0.1) is 0 Å². The molecule has 0 aromatic rings. The molecule has 1 rings (SSSR count). The Labute approximate surface area is 80.8 Å². The van der Waals surface area contributed by atoms with Crippen molar-refractivity contribution in [3.05, 3.63) is 0 Å². The predicted molar refractivity (Wildman–Crippen MR) is 56.5 cm³/mol. The van der Waals surface area contributed by atoms with Crippen LogP contribution in [0.1, 0.15) is 44.9 Å². The molecule has 0 unspecified atom stereocenters. The summed E-state index contributed by atoms with van der Waals surface area (Å²) in [5.41, 5.74) is 2.67. The highest BCUT2D eigenvalue weighted by Crippen LogP contribution is 2.25. The second kappa shape index (κ2) is 5.97. The fraction of sp³-hybridized carbons (Fsp3) is 0.900. The Hall–Kier alpha value is -0.570. The molecular formula is C10H21N3. The van der Waals surface area contributed by atoms with Gasteiger partial charge in [0.2, 0.25) is 0 Å². The molecule has 1 aliphatic rings. The van der Waals surface area contributed by atoms with Gasteiger partial charge in [-0.05, 0) is 5.92 Å². The predicted octanol–water partition coefficient (Wildman–Crippen LogP) is 1.84. The lowest BCUT2D eigenvalue weighted by Gasteiger charge is -2.14. The third kappa shape index (κ3) is 3.77. The van der Waals surface area contributed by atoms with Crippen LogP contribution in [0.4, 0.5) is 0 Å². The molecule has 0 bridgehead atoms. The van der Waals surface area contributed by atoms with Crippen molar-refractivity contribution >= 4 is 5.84 Å². The van der Waals surface area contributed by atoms with E-state index in [1.807, 2.05) is 0 Å². The third-order valence-electron chi connectivity index (χ3n) is 2.89. The summed E-state index contributed by atoms with van der Waals surface area (Å²) < 4.78 is 0. The number of nitrogens with two attached hydrogens (primary N) is 1. The van der Waals surface area contributed by atoms with Gasteiger partial charge < -0.3 is 5.43 Å². The smallest absolute Gasteiger partial charge is 0.110 e. The number of aliphatic imine (C=N–C) groups is 1. The van der Waals surface area contributed by atoms with Crippen LogP contribution in [0, 0.1) is 5.92 Å². The maximum absolute atomic E-state index is 5.36. The van der Waals surface area contributed by atoms with Gasteiger partial charge >= 0.3 is 0 Å². The number of hydrogen-bond donors (Lipinski definition) is 2. The fourth-order valence-corrected chi connectivity index (χ4v) is 2.06. The molecule has 0 spiro atoms. The molecule has 0 radical (unpaired) electrons. The molecule has 1 aliphatic carbocycles. The first kappa shape index (κ1) is 10.5. The zero-order valence-corrected chi connectivity index (χ0v) is 8.55. The van der Waals surface area contributed by atoms with Crippen molar-refractivity contribution in [1.82, 2.24) is 5.43 Å². The molecule has 0 aliphatic heterocycles. The molecule has 3 heteroatoms. The maximum atomic E-state index is 5.36. The minimum Gasteiger partial charge on any atom is -0.312 e. The standard InChI is InChI=1S/C10H21N3/c1-12-10(13-11)8-9-6-4-2-3-5-7-9/h9H,2-8,11H2,1H3,(H,12,13). The van der Waals surface area contributed by atoms with E-state index in [1.54, 1.807) is 7.05 Å². The van der Waals surface area contributed by atoms with Gasteiger partial charge in [-0.1, -0.05) is 38.5 Å². The summed E-state index contributed by atoms with van der Waals surface area (Å²) >= 11 is 0. The Bertz CT molecular complexity index is 158. The molecule has 1 saturated carbocycles. The van der Waals surface area contributed by atoms with E-state index in [9.17, 15) is 0 Å². The zero-order valence-electron chi connectivity index (χ0n) is 8.55. The van der Waals surface area contributed by atoms with Crippen LogP contribution < -0.4 is 11.3 Å². The van der Waals surface area contributed by atoms with Crippen LogP contribution in [0.15, 0.2) is 4.99 Å². The minimum atomic E-state index is 0.803. The van der Waals surface area contributed by atoms with E-state index >= 15 is 0 Å². The van der Waals surface area contributed by atoms with Crippen LogP contribution in [0.3, 0.4) is 0 Å². The average molecular weight is 183 g/mol. The number of hydrogen-bond acceptors (Lipinski definition) is 2. The lowest BCUT2D eigenvalue weighted by Crippen LogP contribution is -2.31. The number of nitrogens with zero attached hydrogens (tertiary/aromatic N) is 1. The SMILES string of the molecule is CN=C(CC1CCCCCC1)NN. The molecule has 0 heterocycles.